The molecule has 0 saturated carbocycles. The van der Waals surface area contributed by atoms with Crippen LogP contribution < -0.4 is 0 Å². The van der Waals surface area contributed by atoms with E-state index in [4.69, 9.17) is 0 Å². The topological polar surface area (TPSA) is 51.2 Å². The molecule has 17 heavy (non-hydrogen) atoms. The van der Waals surface area contributed by atoms with Crippen molar-refractivity contribution >= 4 is 15.6 Å². The van der Waals surface area contributed by atoms with Crippen molar-refractivity contribution in [1.82, 2.24) is 0 Å². The maximum Gasteiger partial charge on any atom is 0.188 e. The van der Waals surface area contributed by atoms with Crippen LogP contribution in [0.25, 0.3) is 0 Å². The van der Waals surface area contributed by atoms with E-state index in [0.29, 0.717) is 0 Å². The van der Waals surface area contributed by atoms with Crippen LogP contribution in [0.15, 0.2) is 23.1 Å². The fourth-order valence-corrected chi connectivity index (χ4v) is 3.08. The molecule has 94 valence electrons. The molecule has 0 heterocycles. The average Bonchev–Trinajstić information content (AvgIpc) is 2.30. The maximum absolute atomic E-state index is 12.2. The molecule has 0 aliphatic rings. The number of carbonyl (C=O) groups excluding carboxylic acids is 1. The molecule has 1 rings (SSSR count). The molecule has 1 unspecified atom stereocenters. The first-order valence-corrected chi connectivity index (χ1v) is 7.19. The predicted molar refractivity (Wildman–Crippen MR) is 67.9 cm³/mol. The SMILES string of the molecule is CCC(=O)C(C)S(=O)(=O)c1ccc(C)c(C)c1. The van der Waals surface area contributed by atoms with Gasteiger partial charge < -0.3 is 0 Å². The van der Waals surface area contributed by atoms with E-state index >= 15 is 0 Å². The highest BCUT2D eigenvalue weighted by Crippen LogP contribution is 2.20. The second-order valence-corrected chi connectivity index (χ2v) is 6.52. The van der Waals surface area contributed by atoms with Gasteiger partial charge in [0.1, 0.15) is 5.25 Å². The van der Waals surface area contributed by atoms with Gasteiger partial charge in [-0.25, -0.2) is 8.42 Å². The van der Waals surface area contributed by atoms with E-state index in [1.54, 1.807) is 25.1 Å². The normalized spacial score (nSPS) is 13.4. The minimum Gasteiger partial charge on any atom is -0.298 e. The zero-order chi connectivity index (χ0) is 13.2. The standard InChI is InChI=1S/C13H18O3S/c1-5-13(14)11(4)17(15,16)12-7-6-9(2)10(3)8-12/h6-8,11H,5H2,1-4H3. The summed E-state index contributed by atoms with van der Waals surface area (Å²) >= 11 is 0. The number of aryl methyl sites for hydroxylation is 2. The molecule has 0 aliphatic heterocycles. The van der Waals surface area contributed by atoms with E-state index in [-0.39, 0.29) is 17.1 Å². The number of benzene rings is 1. The minimum absolute atomic E-state index is 0.231. The van der Waals surface area contributed by atoms with Crippen LogP contribution in [0.3, 0.4) is 0 Å². The number of carbonyl (C=O) groups is 1. The molecule has 0 amide bonds. The lowest BCUT2D eigenvalue weighted by molar-refractivity contribution is -0.118. The molecule has 1 aromatic carbocycles. The molecule has 4 heteroatoms. The zero-order valence-corrected chi connectivity index (χ0v) is 11.5. The zero-order valence-electron chi connectivity index (χ0n) is 10.6. The molecular weight excluding hydrogens is 236 g/mol. The summed E-state index contributed by atoms with van der Waals surface area (Å²) in [5.74, 6) is -0.247. The van der Waals surface area contributed by atoms with Crippen molar-refractivity contribution in [3.8, 4) is 0 Å². The van der Waals surface area contributed by atoms with Gasteiger partial charge in [0.05, 0.1) is 4.90 Å². The number of hydrogen-bond donors (Lipinski definition) is 0. The van der Waals surface area contributed by atoms with Crippen molar-refractivity contribution < 1.29 is 13.2 Å². The fraction of sp³-hybridized carbons (Fsp3) is 0.462. The van der Waals surface area contributed by atoms with Gasteiger partial charge in [-0.2, -0.15) is 0 Å². The lowest BCUT2D eigenvalue weighted by Gasteiger charge is -2.12. The number of ketones is 1. The Labute approximate surface area is 103 Å². The Hall–Kier alpha value is -1.16. The molecule has 1 aromatic rings. The Morgan fingerprint density at radius 1 is 1.24 bits per heavy atom. The first kappa shape index (κ1) is 13.9. The molecule has 0 spiro atoms. The summed E-state index contributed by atoms with van der Waals surface area (Å²) in [7, 11) is -3.54. The summed E-state index contributed by atoms with van der Waals surface area (Å²) in [6, 6.07) is 4.96. The Bertz CT molecular complexity index is 530. The lowest BCUT2D eigenvalue weighted by atomic mass is 10.1. The van der Waals surface area contributed by atoms with E-state index < -0.39 is 15.1 Å². The van der Waals surface area contributed by atoms with E-state index in [0.717, 1.165) is 11.1 Å². The van der Waals surface area contributed by atoms with Crippen LogP contribution in [-0.4, -0.2) is 19.5 Å². The molecule has 0 saturated heterocycles. The number of Topliss-reactive ketones (excluding diaryl/α,β-unsaturated/α-hetero) is 1. The molecule has 0 bridgehead atoms. The molecule has 0 aliphatic carbocycles. The highest BCUT2D eigenvalue weighted by Gasteiger charge is 2.28. The van der Waals surface area contributed by atoms with Crippen LogP contribution in [-0.2, 0) is 14.6 Å². The van der Waals surface area contributed by atoms with Crippen LogP contribution >= 0.6 is 0 Å². The smallest absolute Gasteiger partial charge is 0.188 e. The summed E-state index contributed by atoms with van der Waals surface area (Å²) in [6.45, 7) is 6.91. The van der Waals surface area contributed by atoms with Crippen LogP contribution in [0.5, 0.6) is 0 Å². The van der Waals surface area contributed by atoms with Gasteiger partial charge >= 0.3 is 0 Å². The first-order valence-electron chi connectivity index (χ1n) is 5.64. The van der Waals surface area contributed by atoms with Crippen LogP contribution in [0.1, 0.15) is 31.4 Å². The third kappa shape index (κ3) is 2.75. The van der Waals surface area contributed by atoms with Crippen LogP contribution in [0, 0.1) is 13.8 Å². The summed E-state index contributed by atoms with van der Waals surface area (Å²) in [5, 5.41) is -0.963. The minimum atomic E-state index is -3.54. The monoisotopic (exact) mass is 254 g/mol. The second kappa shape index (κ2) is 5.00. The van der Waals surface area contributed by atoms with Gasteiger partial charge in [-0.15, -0.1) is 0 Å². The fourth-order valence-electron chi connectivity index (χ4n) is 1.56. The number of hydrogen-bond acceptors (Lipinski definition) is 3. The van der Waals surface area contributed by atoms with Crippen LogP contribution in [0.2, 0.25) is 0 Å². The van der Waals surface area contributed by atoms with Crippen molar-refractivity contribution in [2.24, 2.45) is 0 Å². The molecular formula is C13H18O3S. The van der Waals surface area contributed by atoms with Gasteiger partial charge in [-0.1, -0.05) is 13.0 Å². The number of rotatable bonds is 4. The molecule has 0 fully saturated rings. The Morgan fingerprint density at radius 3 is 2.29 bits per heavy atom. The lowest BCUT2D eigenvalue weighted by Crippen LogP contribution is -2.26. The summed E-state index contributed by atoms with van der Waals surface area (Å²) in [6.07, 6.45) is 0.241. The van der Waals surface area contributed by atoms with E-state index in [2.05, 4.69) is 0 Å². The van der Waals surface area contributed by atoms with Gasteiger partial charge in [-0.05, 0) is 44.0 Å². The maximum atomic E-state index is 12.2. The quantitative estimate of drug-likeness (QED) is 0.829. The highest BCUT2D eigenvalue weighted by atomic mass is 32.2. The van der Waals surface area contributed by atoms with Crippen molar-refractivity contribution in [2.45, 2.75) is 44.3 Å². The summed E-state index contributed by atoms with van der Waals surface area (Å²) in [5.41, 5.74) is 1.96. The molecule has 1 atom stereocenters. The van der Waals surface area contributed by atoms with Crippen LogP contribution in [0.4, 0.5) is 0 Å². The van der Waals surface area contributed by atoms with Crippen molar-refractivity contribution in [1.29, 1.82) is 0 Å². The van der Waals surface area contributed by atoms with E-state index in [9.17, 15) is 13.2 Å². The number of sulfone groups is 1. The van der Waals surface area contributed by atoms with Crippen molar-refractivity contribution in [3.63, 3.8) is 0 Å². The molecule has 0 aromatic heterocycles. The molecule has 0 radical (unpaired) electrons. The van der Waals surface area contributed by atoms with E-state index in [1.807, 2.05) is 13.8 Å². The van der Waals surface area contributed by atoms with Gasteiger partial charge in [0.25, 0.3) is 0 Å². The Morgan fingerprint density at radius 2 is 1.82 bits per heavy atom. The van der Waals surface area contributed by atoms with E-state index in [1.165, 1.54) is 6.92 Å². The summed E-state index contributed by atoms with van der Waals surface area (Å²) < 4.78 is 24.4. The van der Waals surface area contributed by atoms with Crippen molar-refractivity contribution in [2.75, 3.05) is 0 Å². The second-order valence-electron chi connectivity index (χ2n) is 4.25. The third-order valence-corrected chi connectivity index (χ3v) is 5.18. The first-order chi connectivity index (χ1) is 7.80. The molecule has 0 N–H and O–H groups in total. The predicted octanol–water partition coefficient (Wildman–Crippen LogP) is 2.44. The Balaban J connectivity index is 3.22. The highest BCUT2D eigenvalue weighted by molar-refractivity contribution is 7.92. The Kier molecular flexibility index (Phi) is 4.09. The summed E-state index contributed by atoms with van der Waals surface area (Å²) in [4.78, 5) is 11.7. The van der Waals surface area contributed by atoms with Gasteiger partial charge in [0.2, 0.25) is 0 Å². The third-order valence-electron chi connectivity index (χ3n) is 3.07. The van der Waals surface area contributed by atoms with Crippen molar-refractivity contribution in [3.05, 3.63) is 29.3 Å². The largest absolute Gasteiger partial charge is 0.298 e. The van der Waals surface area contributed by atoms with Gasteiger partial charge in [0.15, 0.2) is 15.6 Å². The van der Waals surface area contributed by atoms with Gasteiger partial charge in [0, 0.05) is 6.42 Å². The molecule has 3 nitrogen and oxygen atoms in total. The average molecular weight is 254 g/mol. The van der Waals surface area contributed by atoms with Gasteiger partial charge in [-0.3, -0.25) is 4.79 Å².